The van der Waals surface area contributed by atoms with Crippen molar-refractivity contribution >= 4 is 35.5 Å². The van der Waals surface area contributed by atoms with E-state index in [9.17, 15) is 14.7 Å². The van der Waals surface area contributed by atoms with Crippen LogP contribution >= 0.6 is 0 Å². The van der Waals surface area contributed by atoms with Crippen molar-refractivity contribution in [2.45, 2.75) is 114 Å². The number of nitrogens with zero attached hydrogens (tertiary/aromatic N) is 4. The average Bonchev–Trinajstić information content (AvgIpc) is 3.45. The number of hydrogen-bond acceptors (Lipinski definition) is 9. The Labute approximate surface area is 234 Å². The highest BCUT2D eigenvalue weighted by Crippen LogP contribution is 2.47. The smallest absolute Gasteiger partial charge is 0.306 e. The maximum Gasteiger partial charge on any atom is 0.306 e. The minimum Gasteiger partial charge on any atom is -0.463 e. The van der Waals surface area contributed by atoms with E-state index in [0.29, 0.717) is 36.1 Å². The van der Waals surface area contributed by atoms with Gasteiger partial charge < -0.3 is 20.3 Å². The van der Waals surface area contributed by atoms with Gasteiger partial charge in [0.2, 0.25) is 11.9 Å². The third-order valence-electron chi connectivity index (χ3n) is 9.19. The number of hydrogen-bond donors (Lipinski definition) is 2. The van der Waals surface area contributed by atoms with Gasteiger partial charge in [-0.15, -0.1) is 0 Å². The number of esters is 1. The number of alkyl halides is 1. The van der Waals surface area contributed by atoms with Gasteiger partial charge >= 0.3 is 5.97 Å². The summed E-state index contributed by atoms with van der Waals surface area (Å²) in [7, 11) is 1.64. The maximum atomic E-state index is 16.0. The molecule has 0 aromatic carbocycles. The maximum absolute atomic E-state index is 16.0. The average molecular weight is 560 g/mol. The normalized spacial score (nSPS) is 30.8. The Kier molecular flexibility index (Phi) is 8.70. The van der Waals surface area contributed by atoms with Crippen LogP contribution in [0, 0.1) is 11.8 Å². The molecule has 3 N–H and O–H groups in total. The lowest BCUT2D eigenvalue weighted by Crippen LogP contribution is -2.44. The van der Waals surface area contributed by atoms with Gasteiger partial charge in [-0.25, -0.2) is 9.37 Å². The van der Waals surface area contributed by atoms with Gasteiger partial charge in [-0.05, 0) is 44.4 Å². The number of fused-ring (bicyclic) bond motifs is 1. The quantitative estimate of drug-likeness (QED) is 0.453. The molecule has 2 aliphatic heterocycles. The van der Waals surface area contributed by atoms with E-state index in [1.54, 1.807) is 7.05 Å². The number of rotatable bonds is 8. The molecule has 1 unspecified atom stereocenters. The van der Waals surface area contributed by atoms with Crippen molar-refractivity contribution in [3.05, 3.63) is 5.69 Å². The monoisotopic (exact) mass is 559 g/mol. The minimum absolute atomic E-state index is 0.0612. The number of ether oxygens (including phenoxy) is 2. The molecular weight excluding hydrogens is 517 g/mol. The molecule has 220 valence electrons. The van der Waals surface area contributed by atoms with Gasteiger partial charge in [-0.2, -0.15) is 4.98 Å². The molecule has 11 heteroatoms. The zero-order valence-electron chi connectivity index (χ0n) is 23.6. The summed E-state index contributed by atoms with van der Waals surface area (Å²) in [5.74, 6) is -0.333. The summed E-state index contributed by atoms with van der Waals surface area (Å²) in [6, 6.07) is 0. The summed E-state index contributed by atoms with van der Waals surface area (Å²) in [6.45, 7) is 1.03. The van der Waals surface area contributed by atoms with Crippen molar-refractivity contribution in [2.75, 3.05) is 24.3 Å². The van der Waals surface area contributed by atoms with E-state index in [0.717, 1.165) is 51.4 Å². The van der Waals surface area contributed by atoms with Crippen LogP contribution in [0.2, 0.25) is 0 Å². The van der Waals surface area contributed by atoms with Crippen molar-refractivity contribution in [1.82, 2.24) is 9.97 Å². The van der Waals surface area contributed by atoms with E-state index in [4.69, 9.17) is 15.2 Å². The molecule has 0 spiro atoms. The Morgan fingerprint density at radius 1 is 1.10 bits per heavy atom. The number of nitrogens with two attached hydrogens (primary N) is 1. The van der Waals surface area contributed by atoms with Crippen molar-refractivity contribution in [2.24, 2.45) is 16.8 Å². The van der Waals surface area contributed by atoms with Crippen LogP contribution in [-0.2, 0) is 19.1 Å². The zero-order valence-corrected chi connectivity index (χ0v) is 23.6. The van der Waals surface area contributed by atoms with E-state index < -0.39 is 29.9 Å². The molecule has 1 aromatic rings. The Balaban J connectivity index is 1.27. The number of carbonyl (C=O) groups excluding carboxylic acids is 2. The number of aliphatic imine (C=N–C) groups is 1. The number of anilines is 2. The molecule has 2 saturated carbocycles. The van der Waals surface area contributed by atoms with Crippen LogP contribution in [0.4, 0.5) is 21.8 Å². The van der Waals surface area contributed by atoms with E-state index in [1.165, 1.54) is 30.9 Å². The molecular formula is C29H42FN5O5. The molecule has 40 heavy (non-hydrogen) atoms. The van der Waals surface area contributed by atoms with Crippen LogP contribution < -0.4 is 10.6 Å². The molecule has 5 rings (SSSR count). The number of halogens is 1. The first-order valence-electron chi connectivity index (χ1n) is 14.8. The lowest BCUT2D eigenvalue weighted by molar-refractivity contribution is -0.150. The third-order valence-corrected chi connectivity index (χ3v) is 9.19. The first-order valence-corrected chi connectivity index (χ1v) is 14.8. The van der Waals surface area contributed by atoms with Gasteiger partial charge in [0, 0.05) is 26.1 Å². The lowest BCUT2D eigenvalue weighted by Gasteiger charge is -2.27. The minimum atomic E-state index is -2.18. The molecule has 10 nitrogen and oxygen atoms in total. The zero-order chi connectivity index (χ0) is 28.4. The third kappa shape index (κ3) is 6.00. The van der Waals surface area contributed by atoms with Gasteiger partial charge in [-0.3, -0.25) is 19.5 Å². The molecule has 1 saturated heterocycles. The SMILES string of the molecule is CN(C(=O)CC1CCCCC1)c1nc(N)nc2c1N=CC2[C@@H]1O[C@H](COC(=O)CC2CCCCC2)[C@@H](O)[C@@]1(C)F. The first kappa shape index (κ1) is 28.9. The van der Waals surface area contributed by atoms with Gasteiger partial charge in [0.15, 0.2) is 11.5 Å². The summed E-state index contributed by atoms with van der Waals surface area (Å²) < 4.78 is 27.4. The molecule has 2 aliphatic carbocycles. The summed E-state index contributed by atoms with van der Waals surface area (Å²) in [5, 5.41) is 10.8. The van der Waals surface area contributed by atoms with Crippen LogP contribution in [0.1, 0.15) is 95.6 Å². The predicted octanol–water partition coefficient (Wildman–Crippen LogP) is 4.16. The van der Waals surface area contributed by atoms with Gasteiger partial charge in [-0.1, -0.05) is 38.5 Å². The molecule has 0 bridgehead atoms. The van der Waals surface area contributed by atoms with E-state index in [-0.39, 0.29) is 30.2 Å². The number of aliphatic hydroxyl groups excluding tert-OH is 1. The summed E-state index contributed by atoms with van der Waals surface area (Å²) in [4.78, 5) is 40.1. The Bertz CT molecular complexity index is 1120. The fraction of sp³-hybridized carbons (Fsp3) is 0.759. The van der Waals surface area contributed by atoms with Crippen LogP contribution in [0.25, 0.3) is 0 Å². The second kappa shape index (κ2) is 12.1. The molecule has 3 heterocycles. The number of aliphatic hydroxyl groups is 1. The Morgan fingerprint density at radius 3 is 2.38 bits per heavy atom. The van der Waals surface area contributed by atoms with Crippen molar-refractivity contribution < 1.29 is 28.6 Å². The number of aromatic nitrogens is 2. The molecule has 1 amide bonds. The largest absolute Gasteiger partial charge is 0.463 e. The van der Waals surface area contributed by atoms with Crippen LogP contribution in [0.5, 0.6) is 0 Å². The fourth-order valence-corrected chi connectivity index (χ4v) is 6.76. The predicted molar refractivity (Wildman–Crippen MR) is 148 cm³/mol. The highest BCUT2D eigenvalue weighted by atomic mass is 19.1. The highest BCUT2D eigenvalue weighted by molar-refractivity contribution is 5.97. The lowest BCUT2D eigenvalue weighted by atomic mass is 9.86. The topological polar surface area (TPSA) is 140 Å². The van der Waals surface area contributed by atoms with E-state index >= 15 is 4.39 Å². The van der Waals surface area contributed by atoms with Crippen LogP contribution in [0.3, 0.4) is 0 Å². The molecule has 3 fully saturated rings. The number of nitrogen functional groups attached to an aromatic ring is 1. The number of carbonyl (C=O) groups is 2. The molecule has 0 radical (unpaired) electrons. The number of amides is 1. The van der Waals surface area contributed by atoms with E-state index in [1.807, 2.05) is 0 Å². The van der Waals surface area contributed by atoms with Crippen molar-refractivity contribution in [3.8, 4) is 0 Å². The summed E-state index contributed by atoms with van der Waals surface area (Å²) in [5.41, 5.74) is 4.54. The van der Waals surface area contributed by atoms with Gasteiger partial charge in [0.25, 0.3) is 0 Å². The highest BCUT2D eigenvalue weighted by Gasteiger charge is 2.58. The molecule has 4 aliphatic rings. The van der Waals surface area contributed by atoms with Crippen LogP contribution in [-0.4, -0.2) is 70.8 Å². The van der Waals surface area contributed by atoms with Gasteiger partial charge in [0.05, 0.1) is 11.6 Å². The summed E-state index contributed by atoms with van der Waals surface area (Å²) >= 11 is 0. The molecule has 1 aromatic heterocycles. The Morgan fingerprint density at radius 2 is 1.73 bits per heavy atom. The second-order valence-corrected chi connectivity index (χ2v) is 12.2. The first-order chi connectivity index (χ1) is 19.1. The Hall–Kier alpha value is -2.66. The fourth-order valence-electron chi connectivity index (χ4n) is 6.76. The van der Waals surface area contributed by atoms with Crippen molar-refractivity contribution in [1.29, 1.82) is 0 Å². The van der Waals surface area contributed by atoms with Crippen LogP contribution in [0.15, 0.2) is 4.99 Å². The molecule has 5 atom stereocenters. The van der Waals surface area contributed by atoms with E-state index in [2.05, 4.69) is 15.0 Å². The van der Waals surface area contributed by atoms with Crippen molar-refractivity contribution in [3.63, 3.8) is 0 Å². The second-order valence-electron chi connectivity index (χ2n) is 12.2. The van der Waals surface area contributed by atoms with Gasteiger partial charge in [0.1, 0.15) is 30.6 Å². The summed E-state index contributed by atoms with van der Waals surface area (Å²) in [6.07, 6.45) is 9.57. The standard InChI is InChI=1S/C29H42FN5O5/c1-29(30)25(38)20(16-39-22(37)14-18-11-7-4-8-12-18)40-26(29)19-15-32-24-23(19)33-28(31)34-27(24)35(2)21(36)13-17-9-5-3-6-10-17/h15,17-20,25-26,38H,3-14,16H2,1-2H3,(H2,31,33,34)/t19?,20-,25-,26+,29-/m1/s1.